The largest absolute Gasteiger partial charge is 0.466 e. The first-order chi connectivity index (χ1) is 9.92. The summed E-state index contributed by atoms with van der Waals surface area (Å²) in [6, 6.07) is 0. The molecule has 2 aliphatic rings. The van der Waals surface area contributed by atoms with Gasteiger partial charge in [-0.1, -0.05) is 0 Å². The van der Waals surface area contributed by atoms with Crippen LogP contribution in [0, 0.1) is 11.3 Å². The third-order valence-electron chi connectivity index (χ3n) is 4.27. The minimum absolute atomic E-state index is 0.000963. The van der Waals surface area contributed by atoms with Gasteiger partial charge in [0, 0.05) is 31.7 Å². The number of carbonyl (C=O) groups is 1. The van der Waals surface area contributed by atoms with Crippen LogP contribution in [0.4, 0.5) is 0 Å². The summed E-state index contributed by atoms with van der Waals surface area (Å²) < 4.78 is 33.4. The zero-order valence-corrected chi connectivity index (χ0v) is 13.2. The van der Waals surface area contributed by atoms with Crippen LogP contribution >= 0.6 is 0 Å². The Hall–Kier alpha value is -0.700. The number of hydrogen-bond acceptors (Lipinski definition) is 5. The Labute approximate surface area is 125 Å². The maximum atomic E-state index is 12.3. The molecule has 2 fully saturated rings. The lowest BCUT2D eigenvalue weighted by atomic mass is 10.0. The molecule has 1 aliphatic heterocycles. The van der Waals surface area contributed by atoms with Crippen LogP contribution in [-0.4, -0.2) is 56.6 Å². The maximum Gasteiger partial charge on any atom is 0.310 e. The van der Waals surface area contributed by atoms with Crippen LogP contribution in [-0.2, 0) is 19.7 Å². The van der Waals surface area contributed by atoms with Crippen molar-refractivity contribution in [3.8, 4) is 0 Å². The molecule has 1 heterocycles. The molecule has 0 bridgehead atoms. The smallest absolute Gasteiger partial charge is 0.310 e. The molecule has 1 saturated heterocycles. The van der Waals surface area contributed by atoms with Gasteiger partial charge < -0.3 is 9.84 Å². The highest BCUT2D eigenvalue weighted by molar-refractivity contribution is 7.87. The summed E-state index contributed by atoms with van der Waals surface area (Å²) >= 11 is 0. The molecule has 8 heteroatoms. The van der Waals surface area contributed by atoms with Crippen molar-refractivity contribution in [2.45, 2.75) is 32.6 Å². The van der Waals surface area contributed by atoms with E-state index in [9.17, 15) is 18.3 Å². The average Bonchev–Trinajstić information content (AvgIpc) is 3.26. The number of aliphatic hydroxyl groups excluding tert-OH is 1. The fourth-order valence-electron chi connectivity index (χ4n) is 2.52. The van der Waals surface area contributed by atoms with Crippen molar-refractivity contribution in [1.82, 2.24) is 9.03 Å². The van der Waals surface area contributed by atoms with Crippen molar-refractivity contribution in [3.63, 3.8) is 0 Å². The number of nitrogens with one attached hydrogen (secondary N) is 1. The van der Waals surface area contributed by atoms with Crippen molar-refractivity contribution >= 4 is 16.2 Å². The van der Waals surface area contributed by atoms with Crippen LogP contribution in [0.2, 0.25) is 0 Å². The number of carbonyl (C=O) groups excluding carboxylic acids is 1. The molecule has 0 aromatic carbocycles. The number of nitrogens with zero attached hydrogens (tertiary/aromatic N) is 1. The van der Waals surface area contributed by atoms with Gasteiger partial charge in [-0.25, -0.2) is 4.72 Å². The molecule has 1 unspecified atom stereocenters. The average molecular weight is 320 g/mol. The van der Waals surface area contributed by atoms with Crippen molar-refractivity contribution in [2.24, 2.45) is 11.3 Å². The van der Waals surface area contributed by atoms with Gasteiger partial charge in [0.05, 0.1) is 12.5 Å². The molecule has 2 N–H and O–H groups in total. The van der Waals surface area contributed by atoms with E-state index in [4.69, 9.17) is 4.74 Å². The van der Waals surface area contributed by atoms with E-state index in [0.29, 0.717) is 26.0 Å². The highest BCUT2D eigenvalue weighted by atomic mass is 32.2. The molecule has 0 spiro atoms. The van der Waals surface area contributed by atoms with Gasteiger partial charge in [-0.15, -0.1) is 0 Å². The fourth-order valence-corrected chi connectivity index (χ4v) is 3.93. The summed E-state index contributed by atoms with van der Waals surface area (Å²) in [4.78, 5) is 11.7. The van der Waals surface area contributed by atoms with E-state index in [2.05, 4.69) is 4.72 Å². The van der Waals surface area contributed by atoms with E-state index in [1.165, 1.54) is 4.31 Å². The highest BCUT2D eigenvalue weighted by Crippen LogP contribution is 2.44. The van der Waals surface area contributed by atoms with Crippen LogP contribution in [0.5, 0.6) is 0 Å². The maximum absolute atomic E-state index is 12.3. The second-order valence-electron chi connectivity index (χ2n) is 5.93. The molecule has 0 aromatic heterocycles. The van der Waals surface area contributed by atoms with Gasteiger partial charge in [0.15, 0.2) is 0 Å². The Kier molecular flexibility index (Phi) is 5.24. The van der Waals surface area contributed by atoms with Gasteiger partial charge in [0.25, 0.3) is 10.2 Å². The van der Waals surface area contributed by atoms with Crippen LogP contribution in [0.3, 0.4) is 0 Å². The minimum atomic E-state index is -3.60. The Bertz CT molecular complexity index is 475. The molecule has 2 rings (SSSR count). The Balaban J connectivity index is 1.91. The number of rotatable bonds is 7. The molecular formula is C13H24N2O5S. The first-order valence-electron chi connectivity index (χ1n) is 7.45. The quantitative estimate of drug-likeness (QED) is 0.637. The van der Waals surface area contributed by atoms with Crippen molar-refractivity contribution in [2.75, 3.05) is 32.8 Å². The van der Waals surface area contributed by atoms with Crippen molar-refractivity contribution in [1.29, 1.82) is 0 Å². The molecule has 1 aliphatic carbocycles. The molecule has 21 heavy (non-hydrogen) atoms. The van der Waals surface area contributed by atoms with Crippen LogP contribution in [0.1, 0.15) is 32.6 Å². The zero-order chi connectivity index (χ0) is 15.5. The molecule has 7 nitrogen and oxygen atoms in total. The predicted octanol–water partition coefficient (Wildman–Crippen LogP) is -0.132. The number of ether oxygens (including phenoxy) is 1. The van der Waals surface area contributed by atoms with E-state index >= 15 is 0 Å². The van der Waals surface area contributed by atoms with Gasteiger partial charge in [-0.3, -0.25) is 4.79 Å². The van der Waals surface area contributed by atoms with Crippen LogP contribution in [0.25, 0.3) is 0 Å². The number of hydrogen-bond donors (Lipinski definition) is 2. The Morgan fingerprint density at radius 3 is 2.76 bits per heavy atom. The Morgan fingerprint density at radius 1 is 1.48 bits per heavy atom. The number of esters is 1. The summed E-state index contributed by atoms with van der Waals surface area (Å²) in [5.74, 6) is -0.713. The topological polar surface area (TPSA) is 95.9 Å². The summed E-state index contributed by atoms with van der Waals surface area (Å²) in [5, 5.41) is 9.23. The zero-order valence-electron chi connectivity index (χ0n) is 12.4. The molecule has 1 saturated carbocycles. The van der Waals surface area contributed by atoms with Gasteiger partial charge in [0.2, 0.25) is 0 Å². The highest BCUT2D eigenvalue weighted by Gasteiger charge is 2.43. The van der Waals surface area contributed by atoms with E-state index in [1.54, 1.807) is 6.92 Å². The van der Waals surface area contributed by atoms with Crippen molar-refractivity contribution in [3.05, 3.63) is 0 Å². The van der Waals surface area contributed by atoms with E-state index in [0.717, 1.165) is 12.8 Å². The second kappa shape index (κ2) is 6.60. The molecule has 0 aromatic rings. The first kappa shape index (κ1) is 16.7. The molecule has 122 valence electrons. The summed E-state index contributed by atoms with van der Waals surface area (Å²) in [6.45, 7) is 2.88. The molecule has 0 radical (unpaired) electrons. The number of piperidine rings is 1. The van der Waals surface area contributed by atoms with E-state index < -0.39 is 10.2 Å². The lowest BCUT2D eigenvalue weighted by Gasteiger charge is -2.31. The fraction of sp³-hybridized carbons (Fsp3) is 0.923. The van der Waals surface area contributed by atoms with E-state index in [1.807, 2.05) is 0 Å². The summed E-state index contributed by atoms with van der Waals surface area (Å²) in [5.41, 5.74) is -0.274. The third-order valence-corrected chi connectivity index (χ3v) is 5.79. The monoisotopic (exact) mass is 320 g/mol. The Morgan fingerprint density at radius 2 is 2.19 bits per heavy atom. The lowest BCUT2D eigenvalue weighted by Crippen LogP contribution is -2.49. The summed E-state index contributed by atoms with van der Waals surface area (Å²) in [7, 11) is -3.60. The van der Waals surface area contributed by atoms with Gasteiger partial charge in [-0.2, -0.15) is 12.7 Å². The molecule has 0 amide bonds. The lowest BCUT2D eigenvalue weighted by molar-refractivity contribution is -0.149. The van der Waals surface area contributed by atoms with Gasteiger partial charge in [-0.05, 0) is 32.6 Å². The number of aliphatic hydroxyl groups is 1. The third kappa shape index (κ3) is 4.15. The predicted molar refractivity (Wildman–Crippen MR) is 76.6 cm³/mol. The van der Waals surface area contributed by atoms with Gasteiger partial charge in [0.1, 0.15) is 0 Å². The van der Waals surface area contributed by atoms with E-state index in [-0.39, 0.29) is 37.0 Å². The standard InChI is InChI=1S/C13H24N2O5S/c1-2-20-12(17)11-4-3-7-15(8-11)21(18,19)14-9-13(10-16)5-6-13/h11,14,16H,2-10H2,1H3. The minimum Gasteiger partial charge on any atom is -0.466 e. The van der Waals surface area contributed by atoms with Gasteiger partial charge >= 0.3 is 5.97 Å². The van der Waals surface area contributed by atoms with Crippen LogP contribution < -0.4 is 4.72 Å². The molecular weight excluding hydrogens is 296 g/mol. The first-order valence-corrected chi connectivity index (χ1v) is 8.89. The normalized spacial score (nSPS) is 25.5. The van der Waals surface area contributed by atoms with Crippen molar-refractivity contribution < 1.29 is 23.1 Å². The summed E-state index contributed by atoms with van der Waals surface area (Å²) in [6.07, 6.45) is 3.00. The molecule has 1 atom stereocenters. The van der Waals surface area contributed by atoms with Crippen LogP contribution in [0.15, 0.2) is 0 Å². The second-order valence-corrected chi connectivity index (χ2v) is 7.69. The SMILES string of the molecule is CCOC(=O)C1CCCN(S(=O)(=O)NCC2(CO)CC2)C1.